The Morgan fingerprint density at radius 3 is 2.78 bits per heavy atom. The molecule has 2 aliphatic rings. The largest absolute Gasteiger partial charge is 0.495 e. The molecule has 1 aromatic carbocycles. The zero-order valence-electron chi connectivity index (χ0n) is 17.6. The Bertz CT molecular complexity index is 1200. The van der Waals surface area contributed by atoms with E-state index in [-0.39, 0.29) is 29.5 Å². The number of amides is 1. The van der Waals surface area contributed by atoms with E-state index in [2.05, 4.69) is 15.3 Å². The molecule has 1 aromatic heterocycles. The number of carbonyl (C=O) groups is 1. The Morgan fingerprint density at radius 2 is 2.12 bits per heavy atom. The van der Waals surface area contributed by atoms with Crippen molar-refractivity contribution in [1.82, 2.24) is 9.29 Å². The maximum Gasteiger partial charge on any atom is 0.274 e. The first-order valence-corrected chi connectivity index (χ1v) is 11.2. The molecule has 170 valence electrons. The number of halogens is 1. The molecule has 0 aliphatic carbocycles. The van der Waals surface area contributed by atoms with Crippen LogP contribution in [-0.4, -0.2) is 61.7 Å². The number of hydrogen-bond donors (Lipinski definition) is 2. The molecule has 1 saturated heterocycles. The lowest BCUT2D eigenvalue weighted by molar-refractivity contribution is 0.102. The topological polar surface area (TPSA) is 136 Å². The van der Waals surface area contributed by atoms with Gasteiger partial charge in [-0.3, -0.25) is 4.79 Å². The standard InChI is InChI=1S/C20H22FN5O5S/c1-11-17-20(10-31-11,25-19(22)26(2)32(17,28)29)14-8-12(4-6-15(14)21)24-18(27)16-7-5-13(30-3)9-23-16/h4-9,11,17H,10H2,1-3H3,(H2,22,25)(H,24,27)/t11-,17+,20+/m0/s1. The molecule has 2 aliphatic heterocycles. The molecule has 3 N–H and O–H groups in total. The Kier molecular flexibility index (Phi) is 5.29. The second-order valence-corrected chi connectivity index (χ2v) is 9.66. The van der Waals surface area contributed by atoms with E-state index in [9.17, 15) is 13.2 Å². The number of anilines is 1. The summed E-state index contributed by atoms with van der Waals surface area (Å²) < 4.78 is 52.7. The van der Waals surface area contributed by atoms with Crippen LogP contribution < -0.4 is 15.8 Å². The Labute approximate surface area is 184 Å². The van der Waals surface area contributed by atoms with E-state index < -0.39 is 38.6 Å². The summed E-state index contributed by atoms with van der Waals surface area (Å²) in [7, 11) is -1.20. The first-order valence-electron chi connectivity index (χ1n) is 9.66. The number of nitrogens with one attached hydrogen (secondary N) is 1. The average molecular weight is 463 g/mol. The molecule has 0 spiro atoms. The minimum atomic E-state index is -3.97. The van der Waals surface area contributed by atoms with Gasteiger partial charge in [0.1, 0.15) is 28.0 Å². The van der Waals surface area contributed by atoms with E-state index in [1.165, 1.54) is 38.6 Å². The van der Waals surface area contributed by atoms with Crippen LogP contribution >= 0.6 is 0 Å². The number of aromatic nitrogens is 1. The minimum Gasteiger partial charge on any atom is -0.495 e. The number of fused-ring (bicyclic) bond motifs is 1. The van der Waals surface area contributed by atoms with Crippen LogP contribution in [0.25, 0.3) is 0 Å². The van der Waals surface area contributed by atoms with E-state index >= 15 is 4.39 Å². The molecule has 0 saturated carbocycles. The quantitative estimate of drug-likeness (QED) is 0.692. The number of nitrogens with zero attached hydrogens (tertiary/aromatic N) is 3. The van der Waals surface area contributed by atoms with Crippen LogP contribution in [0.15, 0.2) is 41.5 Å². The molecule has 3 atom stereocenters. The van der Waals surface area contributed by atoms with Gasteiger partial charge in [0.2, 0.25) is 16.0 Å². The van der Waals surface area contributed by atoms with E-state index in [1.807, 2.05) is 0 Å². The van der Waals surface area contributed by atoms with Gasteiger partial charge >= 0.3 is 0 Å². The van der Waals surface area contributed by atoms with Gasteiger partial charge in [-0.25, -0.2) is 27.1 Å². The third-order valence-electron chi connectivity index (χ3n) is 5.70. The van der Waals surface area contributed by atoms with Crippen molar-refractivity contribution >= 4 is 27.6 Å². The Morgan fingerprint density at radius 1 is 1.38 bits per heavy atom. The monoisotopic (exact) mass is 463 g/mol. The maximum atomic E-state index is 15.0. The second kappa shape index (κ2) is 7.71. The van der Waals surface area contributed by atoms with E-state index in [0.29, 0.717) is 5.75 Å². The van der Waals surface area contributed by atoms with Crippen LogP contribution in [0.3, 0.4) is 0 Å². The van der Waals surface area contributed by atoms with Gasteiger partial charge in [-0.2, -0.15) is 0 Å². The second-order valence-electron chi connectivity index (χ2n) is 7.58. The van der Waals surface area contributed by atoms with Gasteiger partial charge in [-0.1, -0.05) is 0 Å². The number of benzene rings is 1. The number of carbonyl (C=O) groups excluding carboxylic acids is 1. The number of pyridine rings is 1. The Hall–Kier alpha value is -3.25. The third kappa shape index (κ3) is 3.35. The fraction of sp³-hybridized carbons (Fsp3) is 0.350. The van der Waals surface area contributed by atoms with Crippen molar-refractivity contribution in [3.05, 3.63) is 53.6 Å². The maximum absolute atomic E-state index is 15.0. The molecule has 1 fully saturated rings. The van der Waals surface area contributed by atoms with Crippen LogP contribution in [0.5, 0.6) is 5.75 Å². The van der Waals surface area contributed by atoms with E-state index in [0.717, 1.165) is 10.4 Å². The highest BCUT2D eigenvalue weighted by Gasteiger charge is 2.61. The number of rotatable bonds is 4. The highest BCUT2D eigenvalue weighted by Crippen LogP contribution is 2.46. The summed E-state index contributed by atoms with van der Waals surface area (Å²) >= 11 is 0. The van der Waals surface area contributed by atoms with E-state index in [1.54, 1.807) is 13.0 Å². The van der Waals surface area contributed by atoms with Crippen molar-refractivity contribution in [3.8, 4) is 5.75 Å². The zero-order valence-corrected chi connectivity index (χ0v) is 18.4. The number of methoxy groups -OCH3 is 1. The number of ether oxygens (including phenoxy) is 2. The van der Waals surface area contributed by atoms with Gasteiger partial charge in [0.25, 0.3) is 5.91 Å². The fourth-order valence-corrected chi connectivity index (χ4v) is 5.98. The first-order chi connectivity index (χ1) is 15.1. The molecule has 12 heteroatoms. The molecular weight excluding hydrogens is 441 g/mol. The SMILES string of the molecule is COc1ccc(C(=O)Nc2ccc(F)c([C@]34CO[C@@H](C)[C@H]3S(=O)(=O)N(C)C(N)=N4)c2)nc1. The smallest absolute Gasteiger partial charge is 0.274 e. The summed E-state index contributed by atoms with van der Waals surface area (Å²) in [6.07, 6.45) is 0.646. The van der Waals surface area contributed by atoms with Crippen LogP contribution in [0.1, 0.15) is 23.0 Å². The number of sulfonamides is 1. The van der Waals surface area contributed by atoms with Crippen LogP contribution in [0, 0.1) is 5.82 Å². The lowest BCUT2D eigenvalue weighted by Gasteiger charge is -2.39. The number of aliphatic imine (C=N–C) groups is 1. The van der Waals surface area contributed by atoms with Gasteiger partial charge in [-0.05, 0) is 37.3 Å². The van der Waals surface area contributed by atoms with Gasteiger partial charge in [0.15, 0.2) is 0 Å². The van der Waals surface area contributed by atoms with Gasteiger partial charge < -0.3 is 20.5 Å². The lowest BCUT2D eigenvalue weighted by Crippen LogP contribution is -2.58. The van der Waals surface area contributed by atoms with Crippen molar-refractivity contribution in [2.45, 2.75) is 23.8 Å². The summed E-state index contributed by atoms with van der Waals surface area (Å²) in [4.78, 5) is 21.0. The predicted molar refractivity (Wildman–Crippen MR) is 114 cm³/mol. The molecule has 32 heavy (non-hydrogen) atoms. The van der Waals surface area contributed by atoms with Crippen molar-refractivity contribution in [2.24, 2.45) is 10.7 Å². The first kappa shape index (κ1) is 22.0. The van der Waals surface area contributed by atoms with Gasteiger partial charge in [0.05, 0.1) is 26.0 Å². The highest BCUT2D eigenvalue weighted by molar-refractivity contribution is 7.90. The molecule has 3 heterocycles. The molecule has 0 radical (unpaired) electrons. The average Bonchev–Trinajstić information content (AvgIpc) is 3.11. The van der Waals surface area contributed by atoms with Crippen LogP contribution in [0.4, 0.5) is 10.1 Å². The summed E-state index contributed by atoms with van der Waals surface area (Å²) in [5, 5.41) is 1.46. The lowest BCUT2D eigenvalue weighted by atomic mass is 9.86. The molecule has 0 unspecified atom stereocenters. The zero-order chi connectivity index (χ0) is 23.3. The van der Waals surface area contributed by atoms with Gasteiger partial charge in [-0.15, -0.1) is 0 Å². The molecule has 0 bridgehead atoms. The number of nitrogens with two attached hydrogens (primary N) is 1. The molecule has 2 aromatic rings. The third-order valence-corrected chi connectivity index (χ3v) is 8.06. The normalized spacial score (nSPS) is 26.2. The molecular formula is C20H22FN5O5S. The van der Waals surface area contributed by atoms with Crippen molar-refractivity contribution in [3.63, 3.8) is 0 Å². The summed E-state index contributed by atoms with van der Waals surface area (Å²) in [5.41, 5.74) is 4.61. The van der Waals surface area contributed by atoms with E-state index in [4.69, 9.17) is 15.2 Å². The van der Waals surface area contributed by atoms with Crippen LogP contribution in [0.2, 0.25) is 0 Å². The summed E-state index contributed by atoms with van der Waals surface area (Å²) in [5.74, 6) is -1.00. The highest BCUT2D eigenvalue weighted by atomic mass is 32.2. The molecule has 1 amide bonds. The number of hydrogen-bond acceptors (Lipinski definition) is 8. The minimum absolute atomic E-state index is 0.0352. The number of guanidine groups is 1. The summed E-state index contributed by atoms with van der Waals surface area (Å²) in [6.45, 7) is 1.41. The van der Waals surface area contributed by atoms with Crippen LogP contribution in [-0.2, 0) is 20.3 Å². The fourth-order valence-electron chi connectivity index (χ4n) is 4.03. The predicted octanol–water partition coefficient (Wildman–Crippen LogP) is 1.05. The van der Waals surface area contributed by atoms with Crippen molar-refractivity contribution in [2.75, 3.05) is 26.1 Å². The van der Waals surface area contributed by atoms with Crippen molar-refractivity contribution < 1.29 is 27.1 Å². The molecule has 4 rings (SSSR count). The molecule has 10 nitrogen and oxygen atoms in total. The van der Waals surface area contributed by atoms with Gasteiger partial charge in [0, 0.05) is 18.3 Å². The Balaban J connectivity index is 1.74. The van der Waals surface area contributed by atoms with Crippen molar-refractivity contribution in [1.29, 1.82) is 0 Å². The summed E-state index contributed by atoms with van der Waals surface area (Å²) in [6, 6.07) is 6.91.